The molecule has 0 aliphatic heterocycles. The highest BCUT2D eigenvalue weighted by Gasteiger charge is 2.24. The Balaban J connectivity index is 2.82. The number of aliphatic hydroxyl groups is 1. The molecule has 1 aromatic carbocycles. The van der Waals surface area contributed by atoms with Gasteiger partial charge in [-0.25, -0.2) is 0 Å². The summed E-state index contributed by atoms with van der Waals surface area (Å²) in [6.07, 6.45) is 0.0522. The van der Waals surface area contributed by atoms with Gasteiger partial charge in [0.1, 0.15) is 0 Å². The van der Waals surface area contributed by atoms with E-state index in [2.05, 4.69) is 19.2 Å². The molecule has 0 saturated carbocycles. The average molecular weight is 293 g/mol. The van der Waals surface area contributed by atoms with Crippen LogP contribution in [0.5, 0.6) is 0 Å². The summed E-state index contributed by atoms with van der Waals surface area (Å²) < 4.78 is 0. The molecule has 0 amide bonds. The lowest BCUT2D eigenvalue weighted by Crippen LogP contribution is -2.38. The summed E-state index contributed by atoms with van der Waals surface area (Å²) in [5.74, 6) is -0.359. The summed E-state index contributed by atoms with van der Waals surface area (Å²) in [5, 5.41) is 22.8. The Bertz CT molecular complexity index is 471. The molecule has 0 fully saturated rings. The van der Waals surface area contributed by atoms with Gasteiger partial charge in [0, 0.05) is 6.04 Å². The minimum Gasteiger partial charge on any atom is -0.481 e. The Morgan fingerprint density at radius 1 is 1.29 bits per heavy atom. The van der Waals surface area contributed by atoms with E-state index in [9.17, 15) is 9.90 Å². The summed E-state index contributed by atoms with van der Waals surface area (Å²) in [4.78, 5) is 11.0. The van der Waals surface area contributed by atoms with Gasteiger partial charge in [-0.05, 0) is 43.9 Å². The van der Waals surface area contributed by atoms with E-state index in [1.807, 2.05) is 32.0 Å². The van der Waals surface area contributed by atoms with Crippen LogP contribution in [0.1, 0.15) is 49.5 Å². The predicted octanol–water partition coefficient (Wildman–Crippen LogP) is 2.82. The predicted molar refractivity (Wildman–Crippen MR) is 84.4 cm³/mol. The van der Waals surface area contributed by atoms with Crippen molar-refractivity contribution in [1.82, 2.24) is 5.32 Å². The van der Waals surface area contributed by atoms with Crippen LogP contribution in [0.15, 0.2) is 18.2 Å². The lowest BCUT2D eigenvalue weighted by atomic mass is 9.94. The molecule has 21 heavy (non-hydrogen) atoms. The van der Waals surface area contributed by atoms with Crippen molar-refractivity contribution in [3.05, 3.63) is 34.9 Å². The van der Waals surface area contributed by atoms with Crippen molar-refractivity contribution in [1.29, 1.82) is 0 Å². The molecule has 0 radical (unpaired) electrons. The van der Waals surface area contributed by atoms with Crippen LogP contribution in [0.2, 0.25) is 0 Å². The summed E-state index contributed by atoms with van der Waals surface area (Å²) in [7, 11) is 0. The van der Waals surface area contributed by atoms with Crippen LogP contribution in [0.3, 0.4) is 0 Å². The van der Waals surface area contributed by atoms with Gasteiger partial charge in [0.25, 0.3) is 0 Å². The number of carboxylic acid groups (broad SMARTS) is 1. The lowest BCUT2D eigenvalue weighted by molar-refractivity contribution is -0.138. The topological polar surface area (TPSA) is 69.6 Å². The third kappa shape index (κ3) is 5.86. The molecule has 2 unspecified atom stereocenters. The van der Waals surface area contributed by atoms with E-state index in [1.54, 1.807) is 0 Å². The van der Waals surface area contributed by atoms with Gasteiger partial charge in [-0.2, -0.15) is 0 Å². The van der Waals surface area contributed by atoms with Crippen molar-refractivity contribution >= 4 is 5.97 Å². The third-order valence-corrected chi connectivity index (χ3v) is 3.65. The molecule has 118 valence electrons. The van der Waals surface area contributed by atoms with Crippen molar-refractivity contribution in [2.75, 3.05) is 6.54 Å². The molecule has 0 aliphatic carbocycles. The van der Waals surface area contributed by atoms with E-state index in [-0.39, 0.29) is 6.42 Å². The van der Waals surface area contributed by atoms with Gasteiger partial charge in [0.2, 0.25) is 0 Å². The molecule has 1 aromatic rings. The molecule has 0 aliphatic rings. The Morgan fingerprint density at radius 2 is 1.95 bits per heavy atom. The quantitative estimate of drug-likeness (QED) is 0.689. The normalized spacial score (nSPS) is 14.2. The summed E-state index contributed by atoms with van der Waals surface area (Å²) in [5.41, 5.74) is 2.92. The first kappa shape index (κ1) is 17.7. The van der Waals surface area contributed by atoms with Gasteiger partial charge in [-0.3, -0.25) is 4.79 Å². The SMILES string of the molecule is Cc1ccc(C(O)C(CC(=O)O)NCCC(C)C)c(C)c1. The van der Waals surface area contributed by atoms with Gasteiger partial charge in [0.15, 0.2) is 0 Å². The summed E-state index contributed by atoms with van der Waals surface area (Å²) >= 11 is 0. The van der Waals surface area contributed by atoms with Gasteiger partial charge in [-0.15, -0.1) is 0 Å². The van der Waals surface area contributed by atoms with Crippen LogP contribution in [-0.2, 0) is 4.79 Å². The number of aliphatic hydroxyl groups excluding tert-OH is 1. The van der Waals surface area contributed by atoms with E-state index < -0.39 is 18.1 Å². The number of benzene rings is 1. The van der Waals surface area contributed by atoms with E-state index in [0.29, 0.717) is 12.5 Å². The molecule has 0 spiro atoms. The highest BCUT2D eigenvalue weighted by molar-refractivity contribution is 5.67. The second-order valence-corrected chi connectivity index (χ2v) is 6.15. The fourth-order valence-electron chi connectivity index (χ4n) is 2.42. The number of hydrogen-bond donors (Lipinski definition) is 3. The van der Waals surface area contributed by atoms with E-state index in [4.69, 9.17) is 5.11 Å². The fourth-order valence-corrected chi connectivity index (χ4v) is 2.42. The Morgan fingerprint density at radius 3 is 2.48 bits per heavy atom. The van der Waals surface area contributed by atoms with Crippen LogP contribution in [0.25, 0.3) is 0 Å². The first-order chi connectivity index (χ1) is 9.81. The number of aliphatic carboxylic acids is 1. The molecular formula is C17H27NO3. The maximum absolute atomic E-state index is 11.0. The monoisotopic (exact) mass is 293 g/mol. The average Bonchev–Trinajstić information content (AvgIpc) is 2.36. The van der Waals surface area contributed by atoms with Crippen molar-refractivity contribution in [2.45, 2.75) is 52.7 Å². The lowest BCUT2D eigenvalue weighted by Gasteiger charge is -2.25. The summed E-state index contributed by atoms with van der Waals surface area (Å²) in [6, 6.07) is 5.36. The van der Waals surface area contributed by atoms with E-state index in [0.717, 1.165) is 23.1 Å². The van der Waals surface area contributed by atoms with Gasteiger partial charge >= 0.3 is 5.97 Å². The molecule has 0 aromatic heterocycles. The molecule has 1 rings (SSSR count). The van der Waals surface area contributed by atoms with Crippen molar-refractivity contribution in [3.63, 3.8) is 0 Å². The van der Waals surface area contributed by atoms with E-state index in [1.165, 1.54) is 0 Å². The van der Waals surface area contributed by atoms with Crippen LogP contribution >= 0.6 is 0 Å². The minimum absolute atomic E-state index is 0.0907. The number of nitrogens with one attached hydrogen (secondary N) is 1. The minimum atomic E-state index is -0.902. The van der Waals surface area contributed by atoms with Crippen molar-refractivity contribution in [2.24, 2.45) is 5.92 Å². The summed E-state index contributed by atoms with van der Waals surface area (Å²) in [6.45, 7) is 8.89. The molecule has 2 atom stereocenters. The first-order valence-electron chi connectivity index (χ1n) is 7.51. The molecular weight excluding hydrogens is 266 g/mol. The van der Waals surface area contributed by atoms with Crippen LogP contribution in [-0.4, -0.2) is 28.8 Å². The Kier molecular flexibility index (Phi) is 6.85. The van der Waals surface area contributed by atoms with Crippen LogP contribution in [0, 0.1) is 19.8 Å². The van der Waals surface area contributed by atoms with Crippen LogP contribution < -0.4 is 5.32 Å². The zero-order valence-corrected chi connectivity index (χ0v) is 13.4. The molecule has 4 heteroatoms. The fraction of sp³-hybridized carbons (Fsp3) is 0.588. The number of aryl methyl sites for hydroxylation is 2. The number of hydrogen-bond acceptors (Lipinski definition) is 3. The van der Waals surface area contributed by atoms with Gasteiger partial charge < -0.3 is 15.5 Å². The first-order valence-corrected chi connectivity index (χ1v) is 7.51. The number of carboxylic acids is 1. The second kappa shape index (κ2) is 8.15. The number of carbonyl (C=O) groups is 1. The molecule has 0 bridgehead atoms. The third-order valence-electron chi connectivity index (χ3n) is 3.65. The van der Waals surface area contributed by atoms with Crippen molar-refractivity contribution in [3.8, 4) is 0 Å². The molecule has 3 N–H and O–H groups in total. The molecule has 0 heterocycles. The maximum Gasteiger partial charge on any atom is 0.305 e. The molecule has 0 saturated heterocycles. The second-order valence-electron chi connectivity index (χ2n) is 6.15. The Labute approximate surface area is 127 Å². The zero-order chi connectivity index (χ0) is 16.0. The number of rotatable bonds is 8. The standard InChI is InChI=1S/C17H27NO3/c1-11(2)7-8-18-15(10-16(19)20)17(21)14-6-5-12(3)9-13(14)4/h5-6,9,11,15,17-18,21H,7-8,10H2,1-4H3,(H,19,20). The zero-order valence-electron chi connectivity index (χ0n) is 13.4. The molecule has 4 nitrogen and oxygen atoms in total. The Hall–Kier alpha value is -1.39. The maximum atomic E-state index is 11.0. The van der Waals surface area contributed by atoms with Gasteiger partial charge in [-0.1, -0.05) is 37.6 Å². The largest absolute Gasteiger partial charge is 0.481 e. The highest BCUT2D eigenvalue weighted by Crippen LogP contribution is 2.23. The van der Waals surface area contributed by atoms with Gasteiger partial charge in [0.05, 0.1) is 12.5 Å². The van der Waals surface area contributed by atoms with E-state index >= 15 is 0 Å². The van der Waals surface area contributed by atoms with Crippen molar-refractivity contribution < 1.29 is 15.0 Å². The highest BCUT2D eigenvalue weighted by atomic mass is 16.4. The van der Waals surface area contributed by atoms with Crippen LogP contribution in [0.4, 0.5) is 0 Å². The smallest absolute Gasteiger partial charge is 0.305 e.